The van der Waals surface area contributed by atoms with E-state index in [0.29, 0.717) is 18.9 Å². The van der Waals surface area contributed by atoms with Crippen molar-refractivity contribution in [1.82, 2.24) is 0 Å². The van der Waals surface area contributed by atoms with Crippen LogP contribution in [0.5, 0.6) is 11.5 Å². The van der Waals surface area contributed by atoms with Gasteiger partial charge in [0.05, 0.1) is 11.1 Å². The van der Waals surface area contributed by atoms with Crippen LogP contribution in [0.25, 0.3) is 0 Å². The Bertz CT molecular complexity index is 1100. The number of carbonyl (C=O) groups excluding carboxylic acids is 3. The van der Waals surface area contributed by atoms with Gasteiger partial charge in [-0.1, -0.05) is 58.8 Å². The number of unbranched alkanes of at least 4 members (excludes halogenated alkanes) is 7. The van der Waals surface area contributed by atoms with Gasteiger partial charge in [0.2, 0.25) is 0 Å². The Hall–Kier alpha value is -3.43. The lowest BCUT2D eigenvalue weighted by Gasteiger charge is -2.20. The first-order chi connectivity index (χ1) is 19.0. The van der Waals surface area contributed by atoms with E-state index in [1.54, 1.807) is 6.92 Å². The van der Waals surface area contributed by atoms with Crippen molar-refractivity contribution in [2.24, 2.45) is 0 Å². The highest BCUT2D eigenvalue weighted by atomic mass is 19.4. The molecule has 0 saturated heterocycles. The quantitative estimate of drug-likeness (QED) is 0.0876. The molecule has 0 amide bonds. The Morgan fingerprint density at radius 1 is 0.750 bits per heavy atom. The molecule has 0 N–H and O–H groups in total. The lowest BCUT2D eigenvalue weighted by Crippen LogP contribution is -2.34. The van der Waals surface area contributed by atoms with Crippen LogP contribution in [0.15, 0.2) is 42.5 Å². The first-order valence-electron chi connectivity index (χ1n) is 13.6. The monoisotopic (exact) mass is 568 g/mol. The number of rotatable bonds is 16. The fraction of sp³-hybridized carbons (Fsp3) is 0.500. The molecule has 1 unspecified atom stereocenters. The van der Waals surface area contributed by atoms with Crippen LogP contribution in [0.2, 0.25) is 0 Å². The molecule has 2 aromatic carbocycles. The third-order valence-corrected chi connectivity index (χ3v) is 6.11. The van der Waals surface area contributed by atoms with Gasteiger partial charge in [-0.05, 0) is 55.7 Å². The van der Waals surface area contributed by atoms with Crippen molar-refractivity contribution >= 4 is 17.9 Å². The van der Waals surface area contributed by atoms with Crippen LogP contribution in [0, 0.1) is 5.82 Å². The second-order valence-electron chi connectivity index (χ2n) is 9.48. The number of alkyl halides is 3. The average molecular weight is 569 g/mol. The zero-order valence-electron chi connectivity index (χ0n) is 22.9. The first-order valence-corrected chi connectivity index (χ1v) is 13.6. The van der Waals surface area contributed by atoms with Crippen LogP contribution < -0.4 is 9.47 Å². The minimum absolute atomic E-state index is 0.0831. The van der Waals surface area contributed by atoms with Gasteiger partial charge in [0.25, 0.3) is 0 Å². The van der Waals surface area contributed by atoms with E-state index in [1.807, 2.05) is 0 Å². The molecule has 2 aromatic rings. The van der Waals surface area contributed by atoms with Crippen LogP contribution in [0.1, 0.15) is 105 Å². The van der Waals surface area contributed by atoms with Crippen LogP contribution in [-0.2, 0) is 9.53 Å². The van der Waals surface area contributed by atoms with Gasteiger partial charge < -0.3 is 14.2 Å². The fourth-order valence-electron chi connectivity index (χ4n) is 3.83. The van der Waals surface area contributed by atoms with Crippen molar-refractivity contribution in [3.05, 3.63) is 59.4 Å². The molecule has 2 rings (SSSR count). The van der Waals surface area contributed by atoms with E-state index in [2.05, 4.69) is 11.7 Å². The Kier molecular flexibility index (Phi) is 13.6. The van der Waals surface area contributed by atoms with Gasteiger partial charge in [0.15, 0.2) is 6.10 Å². The van der Waals surface area contributed by atoms with Crippen molar-refractivity contribution < 1.29 is 46.2 Å². The van der Waals surface area contributed by atoms with E-state index in [-0.39, 0.29) is 29.5 Å². The molecule has 0 aliphatic carbocycles. The number of esters is 3. The standard InChI is InChI=1S/C30H36F4O6/c1-3-5-7-8-9-10-11-13-27(35)38-22-16-14-21(15-17-22)28(36)39-23-18-19-24(25(31)20-23)29(37)40-26(12-6-4-2)30(32,33)34/h14-20,26H,3-13H2,1-2H3. The van der Waals surface area contributed by atoms with E-state index in [0.717, 1.165) is 37.8 Å². The summed E-state index contributed by atoms with van der Waals surface area (Å²) in [6.45, 7) is 3.85. The highest BCUT2D eigenvalue weighted by Crippen LogP contribution is 2.28. The Morgan fingerprint density at radius 2 is 1.35 bits per heavy atom. The molecule has 10 heteroatoms. The molecule has 0 saturated carbocycles. The van der Waals surface area contributed by atoms with Crippen LogP contribution in [-0.4, -0.2) is 30.2 Å². The molecule has 0 fully saturated rings. The van der Waals surface area contributed by atoms with Gasteiger partial charge in [0.1, 0.15) is 17.3 Å². The molecule has 220 valence electrons. The molecule has 0 heterocycles. The van der Waals surface area contributed by atoms with E-state index in [4.69, 9.17) is 9.47 Å². The molecule has 0 aliphatic heterocycles. The summed E-state index contributed by atoms with van der Waals surface area (Å²) in [6, 6.07) is 8.27. The predicted octanol–water partition coefficient (Wildman–Crippen LogP) is 8.37. The number of hydrogen-bond donors (Lipinski definition) is 0. The maximum absolute atomic E-state index is 14.5. The fourth-order valence-corrected chi connectivity index (χ4v) is 3.83. The van der Waals surface area contributed by atoms with E-state index in [1.165, 1.54) is 43.5 Å². The predicted molar refractivity (Wildman–Crippen MR) is 141 cm³/mol. The number of hydrogen-bond acceptors (Lipinski definition) is 6. The molecule has 0 radical (unpaired) electrons. The maximum atomic E-state index is 14.5. The molecule has 1 atom stereocenters. The summed E-state index contributed by atoms with van der Waals surface area (Å²) in [5.41, 5.74) is -0.632. The smallest absolute Gasteiger partial charge is 0.425 e. The van der Waals surface area contributed by atoms with Crippen LogP contribution in [0.4, 0.5) is 17.6 Å². The van der Waals surface area contributed by atoms with Crippen molar-refractivity contribution in [3.8, 4) is 11.5 Å². The molecular formula is C30H36F4O6. The summed E-state index contributed by atoms with van der Waals surface area (Å²) >= 11 is 0. The Balaban J connectivity index is 1.88. The van der Waals surface area contributed by atoms with Gasteiger partial charge in [-0.2, -0.15) is 13.2 Å². The number of benzene rings is 2. The van der Waals surface area contributed by atoms with Gasteiger partial charge >= 0.3 is 24.1 Å². The number of ether oxygens (including phenoxy) is 3. The van der Waals surface area contributed by atoms with Gasteiger partial charge in [-0.3, -0.25) is 4.79 Å². The summed E-state index contributed by atoms with van der Waals surface area (Å²) in [7, 11) is 0. The highest BCUT2D eigenvalue weighted by Gasteiger charge is 2.42. The lowest BCUT2D eigenvalue weighted by atomic mass is 10.1. The zero-order valence-corrected chi connectivity index (χ0v) is 22.9. The van der Waals surface area contributed by atoms with Crippen molar-refractivity contribution in [2.45, 2.75) is 96.8 Å². The SMILES string of the molecule is CCCCCCCCCC(=O)Oc1ccc(C(=O)Oc2ccc(C(=O)OC(CCCC)C(F)(F)F)c(F)c2)cc1. The van der Waals surface area contributed by atoms with Crippen molar-refractivity contribution in [1.29, 1.82) is 0 Å². The first kappa shape index (κ1) is 32.8. The Labute approximate surface area is 232 Å². The van der Waals surface area contributed by atoms with Gasteiger partial charge in [-0.25, -0.2) is 14.0 Å². The van der Waals surface area contributed by atoms with E-state index >= 15 is 0 Å². The molecule has 0 bridgehead atoms. The molecule has 0 spiro atoms. The molecular weight excluding hydrogens is 532 g/mol. The topological polar surface area (TPSA) is 78.9 Å². The lowest BCUT2D eigenvalue weighted by molar-refractivity contribution is -0.206. The summed E-state index contributed by atoms with van der Waals surface area (Å²) in [5.74, 6) is -3.89. The Morgan fingerprint density at radius 3 is 1.95 bits per heavy atom. The highest BCUT2D eigenvalue weighted by molar-refractivity contribution is 5.92. The number of halogens is 4. The third-order valence-electron chi connectivity index (χ3n) is 6.11. The third kappa shape index (κ3) is 11.4. The maximum Gasteiger partial charge on any atom is 0.425 e. The molecule has 0 aliphatic rings. The van der Waals surface area contributed by atoms with Crippen molar-refractivity contribution in [3.63, 3.8) is 0 Å². The van der Waals surface area contributed by atoms with Crippen LogP contribution in [0.3, 0.4) is 0 Å². The van der Waals surface area contributed by atoms with E-state index in [9.17, 15) is 31.9 Å². The second kappa shape index (κ2) is 16.6. The largest absolute Gasteiger partial charge is 0.449 e. The normalized spacial score (nSPS) is 12.1. The van der Waals surface area contributed by atoms with Gasteiger partial charge in [0, 0.05) is 12.5 Å². The van der Waals surface area contributed by atoms with E-state index < -0.39 is 42.0 Å². The summed E-state index contributed by atoms with van der Waals surface area (Å²) in [4.78, 5) is 36.6. The summed E-state index contributed by atoms with van der Waals surface area (Å²) in [6.07, 6.45) is 0.925. The average Bonchev–Trinajstić information content (AvgIpc) is 2.90. The minimum atomic E-state index is -4.78. The molecule has 40 heavy (non-hydrogen) atoms. The summed E-state index contributed by atoms with van der Waals surface area (Å²) < 4.78 is 68.8. The number of carbonyl (C=O) groups is 3. The second-order valence-corrected chi connectivity index (χ2v) is 9.48. The minimum Gasteiger partial charge on any atom is -0.449 e. The summed E-state index contributed by atoms with van der Waals surface area (Å²) in [5, 5.41) is 0. The van der Waals surface area contributed by atoms with Crippen molar-refractivity contribution in [2.75, 3.05) is 0 Å². The van der Waals surface area contributed by atoms with Gasteiger partial charge in [-0.15, -0.1) is 0 Å². The van der Waals surface area contributed by atoms with Crippen LogP contribution >= 0.6 is 0 Å². The molecule has 6 nitrogen and oxygen atoms in total. The zero-order chi connectivity index (χ0) is 29.5. The molecule has 0 aromatic heterocycles.